The summed E-state index contributed by atoms with van der Waals surface area (Å²) in [6.07, 6.45) is 1.75. The van der Waals surface area contributed by atoms with Gasteiger partial charge in [-0.1, -0.05) is 0 Å². The number of rotatable bonds is 7. The van der Waals surface area contributed by atoms with Crippen molar-refractivity contribution in [3.8, 4) is 5.75 Å². The number of hydroxylamine groups is 3. The highest BCUT2D eigenvalue weighted by atomic mass is 16.5. The van der Waals surface area contributed by atoms with Gasteiger partial charge in [0.05, 0.1) is 41.0 Å². The van der Waals surface area contributed by atoms with Crippen LogP contribution in [0.5, 0.6) is 5.75 Å². The van der Waals surface area contributed by atoms with Gasteiger partial charge in [0.1, 0.15) is 31.7 Å². The van der Waals surface area contributed by atoms with E-state index in [9.17, 15) is 10.0 Å². The fourth-order valence-corrected chi connectivity index (χ4v) is 3.77. The zero-order valence-electron chi connectivity index (χ0n) is 16.4. The van der Waals surface area contributed by atoms with Gasteiger partial charge in [-0.15, -0.1) is 0 Å². The molecule has 0 saturated carbocycles. The normalized spacial score (nSPS) is 12.3. The van der Waals surface area contributed by atoms with Gasteiger partial charge in [-0.25, -0.2) is 10.2 Å². The van der Waals surface area contributed by atoms with E-state index < -0.39 is 0 Å². The largest absolute Gasteiger partial charge is 0.497 e. The first-order chi connectivity index (χ1) is 13.5. The number of likely N-dealkylation sites (N-methyl/N-ethyl adjacent to an activating group) is 1. The summed E-state index contributed by atoms with van der Waals surface area (Å²) in [6, 6.07) is 9.31. The maximum Gasteiger partial charge on any atom is 0.199 e. The third-order valence-electron chi connectivity index (χ3n) is 5.67. The molecule has 0 aliphatic rings. The van der Waals surface area contributed by atoms with Crippen LogP contribution in [0.15, 0.2) is 41.5 Å². The monoisotopic (exact) mass is 381 g/mol. The number of nitrogens with one attached hydrogen (secondary N) is 1. The Balaban J connectivity index is 1.85. The van der Waals surface area contributed by atoms with E-state index in [0.717, 1.165) is 22.2 Å². The van der Waals surface area contributed by atoms with Crippen molar-refractivity contribution >= 4 is 33.0 Å². The summed E-state index contributed by atoms with van der Waals surface area (Å²) in [7, 11) is 1.59. The fraction of sp³-hybridized carbons (Fsp3) is 0.333. The zero-order chi connectivity index (χ0) is 19.9. The molecule has 146 valence electrons. The molecule has 7 heteroatoms. The first-order valence-corrected chi connectivity index (χ1v) is 9.57. The van der Waals surface area contributed by atoms with Gasteiger partial charge in [0, 0.05) is 5.69 Å². The van der Waals surface area contributed by atoms with Crippen LogP contribution in [0.2, 0.25) is 0 Å². The maximum atomic E-state index is 13.4. The van der Waals surface area contributed by atoms with Gasteiger partial charge in [-0.3, -0.25) is 9.20 Å². The molecule has 2 aromatic carbocycles. The molecule has 0 aliphatic heterocycles. The lowest BCUT2D eigenvalue weighted by atomic mass is 10.1. The van der Waals surface area contributed by atoms with Crippen LogP contribution in [0, 0.1) is 0 Å². The van der Waals surface area contributed by atoms with Crippen LogP contribution in [-0.2, 0) is 0 Å². The lowest BCUT2D eigenvalue weighted by Gasteiger charge is -2.27. The molecular formula is C21H25N4O3+. The van der Waals surface area contributed by atoms with E-state index in [-0.39, 0.29) is 10.1 Å². The summed E-state index contributed by atoms with van der Waals surface area (Å²) in [4.78, 5) is 17.8. The van der Waals surface area contributed by atoms with Gasteiger partial charge >= 0.3 is 0 Å². The molecule has 28 heavy (non-hydrogen) atoms. The van der Waals surface area contributed by atoms with Crippen LogP contribution in [0.4, 0.5) is 5.69 Å². The quantitative estimate of drug-likeness (QED) is 0.292. The van der Waals surface area contributed by atoms with E-state index in [2.05, 4.69) is 10.3 Å². The molecule has 0 bridgehead atoms. The minimum atomic E-state index is -0.0502. The molecule has 2 N–H and O–H groups in total. The van der Waals surface area contributed by atoms with Gasteiger partial charge in [0.25, 0.3) is 0 Å². The highest BCUT2D eigenvalue weighted by molar-refractivity contribution is 6.07. The number of quaternary nitrogens is 1. The number of pyridine rings is 1. The molecule has 2 heterocycles. The van der Waals surface area contributed by atoms with Crippen molar-refractivity contribution in [3.05, 3.63) is 46.9 Å². The fourth-order valence-electron chi connectivity index (χ4n) is 3.77. The van der Waals surface area contributed by atoms with Crippen molar-refractivity contribution in [2.24, 2.45) is 0 Å². The van der Waals surface area contributed by atoms with Gasteiger partial charge in [0.15, 0.2) is 5.43 Å². The topological polar surface area (TPSA) is 75.9 Å². The molecule has 0 aliphatic carbocycles. The number of benzene rings is 2. The smallest absolute Gasteiger partial charge is 0.199 e. The van der Waals surface area contributed by atoms with Crippen LogP contribution >= 0.6 is 0 Å². The highest BCUT2D eigenvalue weighted by Gasteiger charge is 2.21. The first-order valence-electron chi connectivity index (χ1n) is 9.57. The molecule has 0 radical (unpaired) electrons. The van der Waals surface area contributed by atoms with Crippen LogP contribution in [0.3, 0.4) is 0 Å². The maximum absolute atomic E-state index is 13.4. The van der Waals surface area contributed by atoms with Gasteiger partial charge in [0.2, 0.25) is 0 Å². The predicted molar refractivity (Wildman–Crippen MR) is 111 cm³/mol. The summed E-state index contributed by atoms with van der Waals surface area (Å²) in [5.74, 6) is 0.644. The summed E-state index contributed by atoms with van der Waals surface area (Å²) in [5.41, 5.74) is 3.10. The van der Waals surface area contributed by atoms with Crippen molar-refractivity contribution < 1.29 is 14.6 Å². The second-order valence-corrected chi connectivity index (χ2v) is 7.06. The predicted octanol–water partition coefficient (Wildman–Crippen LogP) is 3.11. The van der Waals surface area contributed by atoms with Gasteiger partial charge in [-0.05, 0) is 44.2 Å². The Labute approximate surface area is 162 Å². The number of aromatic nitrogens is 2. The Morgan fingerprint density at radius 2 is 2.00 bits per heavy atom. The Hall–Kier alpha value is -2.90. The Morgan fingerprint density at radius 1 is 1.21 bits per heavy atom. The summed E-state index contributed by atoms with van der Waals surface area (Å²) in [5, 5.41) is 15.0. The van der Waals surface area contributed by atoms with Crippen molar-refractivity contribution in [1.82, 2.24) is 9.38 Å². The van der Waals surface area contributed by atoms with Gasteiger partial charge in [-0.2, -0.15) is 4.65 Å². The molecule has 0 saturated heterocycles. The highest BCUT2D eigenvalue weighted by Crippen LogP contribution is 2.29. The summed E-state index contributed by atoms with van der Waals surface area (Å²) >= 11 is 0. The number of hydrogen-bond acceptors (Lipinski definition) is 5. The van der Waals surface area contributed by atoms with Crippen LogP contribution in [0.25, 0.3) is 27.3 Å². The third kappa shape index (κ3) is 2.83. The van der Waals surface area contributed by atoms with Crippen LogP contribution < -0.4 is 15.5 Å². The lowest BCUT2D eigenvalue weighted by molar-refractivity contribution is -1.10. The molecular weight excluding hydrogens is 356 g/mol. The second-order valence-electron chi connectivity index (χ2n) is 7.06. The number of fused-ring (bicyclic) bond motifs is 2. The average molecular weight is 381 g/mol. The minimum Gasteiger partial charge on any atom is -0.497 e. The van der Waals surface area contributed by atoms with E-state index >= 15 is 0 Å². The minimum absolute atomic E-state index is 0.00348. The second kappa shape index (κ2) is 6.92. The standard InChI is InChI=1S/C21H24N4O3/c1-4-25(27,5-2)11-10-22-16-7-8-17-20-19(16)21(26)15-12-14(28-3)6-9-18(15)24(20)13-23-17/h6-9,12-13,27H,4-5,10-11H2,1-3H3/p+1. The van der Waals surface area contributed by atoms with Crippen molar-refractivity contribution in [2.75, 3.05) is 38.6 Å². The van der Waals surface area contributed by atoms with Crippen LogP contribution in [0.1, 0.15) is 13.8 Å². The number of anilines is 1. The molecule has 4 aromatic rings. The molecule has 0 amide bonds. The van der Waals surface area contributed by atoms with E-state index in [1.54, 1.807) is 19.5 Å². The Morgan fingerprint density at radius 3 is 2.71 bits per heavy atom. The number of hydrogen-bond donors (Lipinski definition) is 2. The number of imidazole rings is 1. The van der Waals surface area contributed by atoms with Crippen molar-refractivity contribution in [2.45, 2.75) is 13.8 Å². The Bertz CT molecular complexity index is 1200. The molecule has 4 rings (SSSR count). The average Bonchev–Trinajstić information content (AvgIpc) is 3.16. The molecule has 0 spiro atoms. The molecule has 0 fully saturated rings. The lowest BCUT2D eigenvalue weighted by Crippen LogP contribution is -2.47. The SMILES string of the molecule is CC[N+](O)(CC)CCNc1ccc2ncn3c4ccc(OC)cc4c(=O)c1c23. The summed E-state index contributed by atoms with van der Waals surface area (Å²) in [6.45, 7) is 6.33. The van der Waals surface area contributed by atoms with E-state index in [0.29, 0.717) is 42.7 Å². The third-order valence-corrected chi connectivity index (χ3v) is 5.67. The first kappa shape index (κ1) is 18.5. The number of nitrogens with zero attached hydrogens (tertiary/aromatic N) is 3. The molecule has 2 aromatic heterocycles. The Kier molecular flexibility index (Phi) is 4.56. The van der Waals surface area contributed by atoms with Crippen molar-refractivity contribution in [3.63, 3.8) is 0 Å². The van der Waals surface area contributed by atoms with Gasteiger partial charge < -0.3 is 10.1 Å². The summed E-state index contributed by atoms with van der Waals surface area (Å²) < 4.78 is 7.26. The van der Waals surface area contributed by atoms with E-state index in [1.807, 2.05) is 42.5 Å². The van der Waals surface area contributed by atoms with E-state index in [1.165, 1.54) is 0 Å². The number of ether oxygens (including phenoxy) is 1. The molecule has 0 unspecified atom stereocenters. The zero-order valence-corrected chi connectivity index (χ0v) is 16.4. The molecule has 7 nitrogen and oxygen atoms in total. The van der Waals surface area contributed by atoms with Crippen LogP contribution in [-0.4, -0.2) is 52.5 Å². The number of methoxy groups -OCH3 is 1. The molecule has 0 atom stereocenters. The van der Waals surface area contributed by atoms with Crippen molar-refractivity contribution in [1.29, 1.82) is 0 Å². The van der Waals surface area contributed by atoms with E-state index in [4.69, 9.17) is 4.74 Å².